The van der Waals surface area contributed by atoms with E-state index in [1.54, 1.807) is 0 Å². The number of carbonyl (C=O) groups excluding carboxylic acids is 1. The molecule has 0 aromatic heterocycles. The van der Waals surface area contributed by atoms with Crippen LogP contribution in [-0.2, 0) is 14.5 Å². The molecule has 0 saturated heterocycles. The van der Waals surface area contributed by atoms with E-state index in [0.717, 1.165) is 0 Å². The van der Waals surface area contributed by atoms with Gasteiger partial charge >= 0.3 is 0 Å². The molecule has 0 aromatic carbocycles. The third kappa shape index (κ3) is 3.27. The zero-order valence-electron chi connectivity index (χ0n) is 7.31. The molecule has 0 fully saturated rings. The average molecular weight is 210 g/mol. The topological polar surface area (TPSA) is 148 Å². The van der Waals surface area contributed by atoms with Crippen molar-refractivity contribution in [1.82, 2.24) is 0 Å². The quantitative estimate of drug-likeness (QED) is 0.214. The molecule has 0 bridgehead atoms. The fraction of sp³-hybridized carbons (Fsp3) is 0.833. The molecule has 8 heteroatoms. The Labute approximate surface area is 79.9 Å². The number of rotatable bonds is 7. The minimum Gasteiger partial charge on any atom is -0.394 e. The van der Waals surface area contributed by atoms with Crippen molar-refractivity contribution in [3.05, 3.63) is 0 Å². The summed E-state index contributed by atoms with van der Waals surface area (Å²) < 4.78 is 0. The fourth-order valence-corrected chi connectivity index (χ4v) is 0.866. The van der Waals surface area contributed by atoms with Gasteiger partial charge in [0, 0.05) is 0 Å². The molecule has 0 rings (SSSR count). The highest BCUT2D eigenvalue weighted by Gasteiger charge is 2.34. The minimum atomic E-state index is -1.58. The van der Waals surface area contributed by atoms with Crippen molar-refractivity contribution in [3.8, 4) is 0 Å². The van der Waals surface area contributed by atoms with Crippen LogP contribution in [0.3, 0.4) is 0 Å². The first-order chi connectivity index (χ1) is 6.62. The van der Waals surface area contributed by atoms with Crippen LogP contribution >= 0.6 is 0 Å². The van der Waals surface area contributed by atoms with Crippen molar-refractivity contribution in [2.75, 3.05) is 6.61 Å². The lowest BCUT2D eigenvalue weighted by Gasteiger charge is -2.26. The first-order valence-electron chi connectivity index (χ1n) is 3.75. The van der Waals surface area contributed by atoms with E-state index in [2.05, 4.69) is 9.68 Å². The lowest BCUT2D eigenvalue weighted by Crippen LogP contribution is -2.50. The summed E-state index contributed by atoms with van der Waals surface area (Å²) in [5, 5.41) is 26.8. The van der Waals surface area contributed by atoms with Crippen LogP contribution < -0.4 is 11.8 Å². The van der Waals surface area contributed by atoms with Gasteiger partial charge in [-0.1, -0.05) is 0 Å². The molecule has 0 aromatic rings. The Morgan fingerprint density at radius 2 is 1.86 bits per heavy atom. The molecular weight excluding hydrogens is 196 g/mol. The highest BCUT2D eigenvalue weighted by molar-refractivity contribution is 5.57. The molecule has 4 unspecified atom stereocenters. The normalized spacial score (nSPS) is 19.8. The standard InChI is InChI=1S/C6H14N2O6/c7-13-4(2-10)6(14-8)5(12)3(11)1-9/h2-6,9,11-12H,1,7-8H2. The third-order valence-electron chi connectivity index (χ3n) is 1.69. The maximum Gasteiger partial charge on any atom is 0.164 e. The predicted molar refractivity (Wildman–Crippen MR) is 43.3 cm³/mol. The number of hydrogen-bond donors (Lipinski definition) is 5. The zero-order chi connectivity index (χ0) is 11.1. The first-order valence-corrected chi connectivity index (χ1v) is 3.75. The number of carbonyl (C=O) groups is 1. The van der Waals surface area contributed by atoms with Gasteiger partial charge in [0.2, 0.25) is 0 Å². The molecular formula is C6H14N2O6. The average Bonchev–Trinajstić information content (AvgIpc) is 2.23. The van der Waals surface area contributed by atoms with E-state index in [1.165, 1.54) is 0 Å². The van der Waals surface area contributed by atoms with Crippen molar-refractivity contribution >= 4 is 6.29 Å². The second kappa shape index (κ2) is 6.79. The summed E-state index contributed by atoms with van der Waals surface area (Å²) in [5.41, 5.74) is 0. The molecule has 0 aliphatic rings. The molecule has 0 saturated carbocycles. The molecule has 7 N–H and O–H groups in total. The van der Waals surface area contributed by atoms with Crippen LogP contribution in [0.5, 0.6) is 0 Å². The summed E-state index contributed by atoms with van der Waals surface area (Å²) in [4.78, 5) is 18.7. The van der Waals surface area contributed by atoms with E-state index in [0.29, 0.717) is 0 Å². The van der Waals surface area contributed by atoms with E-state index in [-0.39, 0.29) is 6.29 Å². The number of aliphatic hydroxyl groups excluding tert-OH is 3. The largest absolute Gasteiger partial charge is 0.394 e. The monoisotopic (exact) mass is 210 g/mol. The Kier molecular flexibility index (Phi) is 6.49. The van der Waals surface area contributed by atoms with Crippen LogP contribution in [0, 0.1) is 0 Å². The Morgan fingerprint density at radius 1 is 1.29 bits per heavy atom. The number of aldehydes is 1. The zero-order valence-corrected chi connectivity index (χ0v) is 7.31. The maximum atomic E-state index is 10.4. The summed E-state index contributed by atoms with van der Waals surface area (Å²) in [7, 11) is 0. The van der Waals surface area contributed by atoms with Gasteiger partial charge in [-0.05, 0) is 0 Å². The third-order valence-corrected chi connectivity index (χ3v) is 1.69. The maximum absolute atomic E-state index is 10.4. The van der Waals surface area contributed by atoms with Gasteiger partial charge in [-0.15, -0.1) is 0 Å². The summed E-state index contributed by atoms with van der Waals surface area (Å²) in [6, 6.07) is 0. The summed E-state index contributed by atoms with van der Waals surface area (Å²) in [5.74, 6) is 9.49. The molecule has 14 heavy (non-hydrogen) atoms. The molecule has 0 spiro atoms. The second-order valence-corrected chi connectivity index (χ2v) is 2.58. The number of nitrogens with two attached hydrogens (primary N) is 2. The number of hydrogen-bond acceptors (Lipinski definition) is 8. The van der Waals surface area contributed by atoms with Crippen molar-refractivity contribution in [3.63, 3.8) is 0 Å². The SMILES string of the molecule is NOC(C=O)C(ON)C(O)C(O)CO. The Morgan fingerprint density at radius 3 is 2.14 bits per heavy atom. The van der Waals surface area contributed by atoms with Crippen molar-refractivity contribution in [2.24, 2.45) is 11.8 Å². The van der Waals surface area contributed by atoms with Gasteiger partial charge in [-0.2, -0.15) is 0 Å². The van der Waals surface area contributed by atoms with Gasteiger partial charge in [-0.3, -0.25) is 9.68 Å². The summed E-state index contributed by atoms with van der Waals surface area (Å²) >= 11 is 0. The molecule has 0 radical (unpaired) electrons. The van der Waals surface area contributed by atoms with Gasteiger partial charge in [0.1, 0.15) is 18.3 Å². The van der Waals surface area contributed by atoms with Crippen LogP contribution in [0.1, 0.15) is 0 Å². The van der Waals surface area contributed by atoms with Crippen LogP contribution in [0.4, 0.5) is 0 Å². The van der Waals surface area contributed by atoms with E-state index in [1.807, 2.05) is 0 Å². The molecule has 4 atom stereocenters. The second-order valence-electron chi connectivity index (χ2n) is 2.58. The number of aliphatic hydroxyl groups is 3. The van der Waals surface area contributed by atoms with E-state index in [9.17, 15) is 9.90 Å². The highest BCUT2D eigenvalue weighted by atomic mass is 16.7. The predicted octanol–water partition coefficient (Wildman–Crippen LogP) is -3.58. The van der Waals surface area contributed by atoms with Gasteiger partial charge in [0.05, 0.1) is 6.61 Å². The lowest BCUT2D eigenvalue weighted by atomic mass is 10.0. The van der Waals surface area contributed by atoms with Crippen LogP contribution in [0.15, 0.2) is 0 Å². The van der Waals surface area contributed by atoms with Gasteiger partial charge in [0.25, 0.3) is 0 Å². The van der Waals surface area contributed by atoms with Crippen molar-refractivity contribution < 1.29 is 29.8 Å². The summed E-state index contributed by atoms with van der Waals surface area (Å²) in [6.07, 6.45) is -5.49. The molecule has 0 aliphatic heterocycles. The molecule has 84 valence electrons. The van der Waals surface area contributed by atoms with Crippen LogP contribution in [0.25, 0.3) is 0 Å². The molecule has 0 amide bonds. The van der Waals surface area contributed by atoms with E-state index >= 15 is 0 Å². The molecule has 0 heterocycles. The summed E-state index contributed by atoms with van der Waals surface area (Å²) in [6.45, 7) is -0.711. The molecule has 0 aliphatic carbocycles. The Balaban J connectivity index is 4.44. The van der Waals surface area contributed by atoms with Gasteiger partial charge in [0.15, 0.2) is 12.4 Å². The van der Waals surface area contributed by atoms with Gasteiger partial charge < -0.3 is 20.1 Å². The van der Waals surface area contributed by atoms with Crippen LogP contribution in [-0.4, -0.2) is 52.6 Å². The first kappa shape index (κ1) is 13.4. The smallest absolute Gasteiger partial charge is 0.164 e. The lowest BCUT2D eigenvalue weighted by molar-refractivity contribution is -0.162. The van der Waals surface area contributed by atoms with Crippen molar-refractivity contribution in [2.45, 2.75) is 24.4 Å². The van der Waals surface area contributed by atoms with Crippen molar-refractivity contribution in [1.29, 1.82) is 0 Å². The Hall–Kier alpha value is -0.610. The fourth-order valence-electron chi connectivity index (χ4n) is 0.866. The molecule has 8 nitrogen and oxygen atoms in total. The van der Waals surface area contributed by atoms with E-state index in [4.69, 9.17) is 22.0 Å². The Bertz CT molecular complexity index is 168. The highest BCUT2D eigenvalue weighted by Crippen LogP contribution is 2.08. The van der Waals surface area contributed by atoms with E-state index < -0.39 is 31.0 Å². The van der Waals surface area contributed by atoms with Crippen LogP contribution in [0.2, 0.25) is 0 Å². The van der Waals surface area contributed by atoms with Gasteiger partial charge in [-0.25, -0.2) is 11.8 Å². The minimum absolute atomic E-state index is 0.255.